The lowest BCUT2D eigenvalue weighted by atomic mass is 10.1. The topological polar surface area (TPSA) is 37.4 Å². The average molecular weight is 231 g/mol. The lowest BCUT2D eigenvalue weighted by Gasteiger charge is -2.21. The minimum atomic E-state index is 0.0264. The summed E-state index contributed by atoms with van der Waals surface area (Å²) >= 11 is 0. The molecule has 1 aliphatic rings. The summed E-state index contributed by atoms with van der Waals surface area (Å²) in [5.41, 5.74) is 1.32. The molecule has 17 heavy (non-hydrogen) atoms. The van der Waals surface area contributed by atoms with Crippen molar-refractivity contribution in [2.75, 3.05) is 6.54 Å². The van der Waals surface area contributed by atoms with Gasteiger partial charge in [-0.3, -0.25) is 9.59 Å². The Labute approximate surface area is 101 Å². The number of nitrogens with zero attached hydrogens (tertiary/aromatic N) is 1. The number of carbonyl (C=O) groups is 2. The number of likely N-dealkylation sites (tertiary alicyclic amines) is 1. The zero-order valence-corrected chi connectivity index (χ0v) is 10.3. The summed E-state index contributed by atoms with van der Waals surface area (Å²) in [5, 5.41) is 0. The molecule has 0 aliphatic carbocycles. The van der Waals surface area contributed by atoms with Crippen molar-refractivity contribution in [3.05, 3.63) is 35.4 Å². The maximum absolute atomic E-state index is 12.2. The van der Waals surface area contributed by atoms with Gasteiger partial charge < -0.3 is 4.90 Å². The van der Waals surface area contributed by atoms with Crippen LogP contribution in [-0.2, 0) is 0 Å². The third kappa shape index (κ3) is 2.38. The number of rotatable bonds is 2. The second-order valence-corrected chi connectivity index (χ2v) is 4.62. The maximum Gasteiger partial charge on any atom is 0.254 e. The van der Waals surface area contributed by atoms with E-state index in [0.717, 1.165) is 19.4 Å². The molecule has 1 unspecified atom stereocenters. The van der Waals surface area contributed by atoms with Gasteiger partial charge in [-0.15, -0.1) is 0 Å². The molecule has 3 nitrogen and oxygen atoms in total. The predicted octanol–water partition coefficient (Wildman–Crippen LogP) is 2.51. The summed E-state index contributed by atoms with van der Waals surface area (Å²) < 4.78 is 0. The Bertz CT molecular complexity index is 436. The van der Waals surface area contributed by atoms with Crippen LogP contribution in [0.15, 0.2) is 24.3 Å². The van der Waals surface area contributed by atoms with Crippen LogP contribution in [0.25, 0.3) is 0 Å². The molecule has 1 saturated heterocycles. The number of amides is 1. The van der Waals surface area contributed by atoms with Crippen molar-refractivity contribution in [2.45, 2.75) is 32.7 Å². The monoisotopic (exact) mass is 231 g/mol. The van der Waals surface area contributed by atoms with Gasteiger partial charge in [-0.1, -0.05) is 12.1 Å². The molecular weight excluding hydrogens is 214 g/mol. The van der Waals surface area contributed by atoms with Crippen molar-refractivity contribution < 1.29 is 9.59 Å². The first-order chi connectivity index (χ1) is 8.09. The highest BCUT2D eigenvalue weighted by atomic mass is 16.2. The molecule has 1 aromatic rings. The molecule has 0 saturated carbocycles. The first kappa shape index (κ1) is 11.8. The fourth-order valence-corrected chi connectivity index (χ4v) is 2.25. The minimum Gasteiger partial charge on any atom is -0.336 e. The molecule has 0 aromatic heterocycles. The molecule has 0 N–H and O–H groups in total. The fourth-order valence-electron chi connectivity index (χ4n) is 2.25. The van der Waals surface area contributed by atoms with Gasteiger partial charge in [0, 0.05) is 23.7 Å². The Balaban J connectivity index is 2.17. The van der Waals surface area contributed by atoms with Crippen molar-refractivity contribution in [1.82, 2.24) is 4.90 Å². The largest absolute Gasteiger partial charge is 0.336 e. The van der Waals surface area contributed by atoms with Gasteiger partial charge >= 0.3 is 0 Å². The highest BCUT2D eigenvalue weighted by Crippen LogP contribution is 2.19. The lowest BCUT2D eigenvalue weighted by Crippen LogP contribution is -2.33. The van der Waals surface area contributed by atoms with Gasteiger partial charge in [0.2, 0.25) is 0 Å². The summed E-state index contributed by atoms with van der Waals surface area (Å²) in [5.74, 6) is 0.101. The molecule has 1 amide bonds. The quantitative estimate of drug-likeness (QED) is 0.733. The summed E-state index contributed by atoms with van der Waals surface area (Å²) in [7, 11) is 0. The molecule has 2 rings (SSSR count). The van der Waals surface area contributed by atoms with Gasteiger partial charge in [0.25, 0.3) is 5.91 Å². The van der Waals surface area contributed by atoms with Crippen LogP contribution in [0.5, 0.6) is 0 Å². The Morgan fingerprint density at radius 3 is 2.24 bits per heavy atom. The van der Waals surface area contributed by atoms with Gasteiger partial charge in [-0.25, -0.2) is 0 Å². The van der Waals surface area contributed by atoms with E-state index >= 15 is 0 Å². The zero-order valence-electron chi connectivity index (χ0n) is 10.3. The Kier molecular flexibility index (Phi) is 3.27. The Morgan fingerprint density at radius 2 is 1.76 bits per heavy atom. The molecule has 0 radical (unpaired) electrons. The summed E-state index contributed by atoms with van der Waals surface area (Å²) in [6.07, 6.45) is 2.16. The van der Waals surface area contributed by atoms with Crippen LogP contribution >= 0.6 is 0 Å². The number of hydrogen-bond donors (Lipinski definition) is 0. The van der Waals surface area contributed by atoms with E-state index < -0.39 is 0 Å². The Morgan fingerprint density at radius 1 is 1.18 bits per heavy atom. The molecule has 1 aromatic carbocycles. The third-order valence-electron chi connectivity index (χ3n) is 3.35. The van der Waals surface area contributed by atoms with Gasteiger partial charge in [-0.05, 0) is 38.8 Å². The smallest absolute Gasteiger partial charge is 0.254 e. The predicted molar refractivity (Wildman–Crippen MR) is 66.2 cm³/mol. The van der Waals surface area contributed by atoms with Crippen LogP contribution in [0.2, 0.25) is 0 Å². The van der Waals surface area contributed by atoms with E-state index in [1.165, 1.54) is 6.92 Å². The molecular formula is C14H17NO2. The van der Waals surface area contributed by atoms with Crippen molar-refractivity contribution in [3.8, 4) is 0 Å². The van der Waals surface area contributed by atoms with E-state index in [-0.39, 0.29) is 11.7 Å². The summed E-state index contributed by atoms with van der Waals surface area (Å²) in [6, 6.07) is 7.25. The number of benzene rings is 1. The molecule has 90 valence electrons. The maximum atomic E-state index is 12.2. The lowest BCUT2D eigenvalue weighted by molar-refractivity contribution is 0.0747. The molecule has 1 aliphatic heterocycles. The van der Waals surface area contributed by atoms with Crippen LogP contribution in [0.1, 0.15) is 47.4 Å². The normalized spacial score (nSPS) is 19.4. The highest BCUT2D eigenvalue weighted by molar-refractivity contribution is 5.97. The van der Waals surface area contributed by atoms with Crippen molar-refractivity contribution in [2.24, 2.45) is 0 Å². The van der Waals surface area contributed by atoms with Crippen molar-refractivity contribution >= 4 is 11.7 Å². The molecule has 1 fully saturated rings. The van der Waals surface area contributed by atoms with Crippen molar-refractivity contribution in [1.29, 1.82) is 0 Å². The van der Waals surface area contributed by atoms with Crippen LogP contribution in [-0.4, -0.2) is 29.2 Å². The van der Waals surface area contributed by atoms with E-state index in [9.17, 15) is 9.59 Å². The number of ketones is 1. The number of hydrogen-bond acceptors (Lipinski definition) is 2. The van der Waals surface area contributed by atoms with E-state index in [1.807, 2.05) is 4.90 Å². The van der Waals surface area contributed by atoms with Crippen LogP contribution in [0.4, 0.5) is 0 Å². The highest BCUT2D eigenvalue weighted by Gasteiger charge is 2.25. The van der Waals surface area contributed by atoms with Crippen LogP contribution < -0.4 is 0 Å². The number of Topliss-reactive ketones (excluding diaryl/α,β-unsaturated/α-hetero) is 1. The summed E-state index contributed by atoms with van der Waals surface area (Å²) in [6.45, 7) is 4.45. The third-order valence-corrected chi connectivity index (χ3v) is 3.35. The van der Waals surface area contributed by atoms with Crippen molar-refractivity contribution in [3.63, 3.8) is 0 Å². The molecule has 0 bridgehead atoms. The van der Waals surface area contributed by atoms with E-state index in [4.69, 9.17) is 0 Å². The fraction of sp³-hybridized carbons (Fsp3) is 0.429. The molecule has 1 atom stereocenters. The Hall–Kier alpha value is -1.64. The second-order valence-electron chi connectivity index (χ2n) is 4.62. The van der Waals surface area contributed by atoms with E-state index in [2.05, 4.69) is 6.92 Å². The second kappa shape index (κ2) is 4.70. The SMILES string of the molecule is CC(=O)c1ccc(C(=O)N2CCCC2C)cc1. The standard InChI is InChI=1S/C14H17NO2/c1-10-4-3-9-15(10)14(17)13-7-5-12(6-8-13)11(2)16/h5-8,10H,3-4,9H2,1-2H3. The summed E-state index contributed by atoms with van der Waals surface area (Å²) in [4.78, 5) is 25.2. The number of carbonyl (C=O) groups excluding carboxylic acids is 2. The first-order valence-corrected chi connectivity index (χ1v) is 6.01. The van der Waals surface area contributed by atoms with E-state index in [1.54, 1.807) is 24.3 Å². The minimum absolute atomic E-state index is 0.0264. The van der Waals surface area contributed by atoms with Gasteiger partial charge in [0.1, 0.15) is 0 Å². The molecule has 0 spiro atoms. The van der Waals surface area contributed by atoms with E-state index in [0.29, 0.717) is 17.2 Å². The van der Waals surface area contributed by atoms with Crippen LogP contribution in [0, 0.1) is 0 Å². The first-order valence-electron chi connectivity index (χ1n) is 6.01. The van der Waals surface area contributed by atoms with Gasteiger partial charge in [-0.2, -0.15) is 0 Å². The average Bonchev–Trinajstić information content (AvgIpc) is 2.74. The van der Waals surface area contributed by atoms with Crippen LogP contribution in [0.3, 0.4) is 0 Å². The molecule has 3 heteroatoms. The molecule has 1 heterocycles. The van der Waals surface area contributed by atoms with Gasteiger partial charge in [0.05, 0.1) is 0 Å². The van der Waals surface area contributed by atoms with Gasteiger partial charge in [0.15, 0.2) is 5.78 Å². The zero-order chi connectivity index (χ0) is 12.4.